The largest absolute Gasteiger partial charge is 0.480 e. The van der Waals surface area contributed by atoms with Crippen molar-refractivity contribution in [1.82, 2.24) is 20.9 Å². The molecule has 5 N–H and O–H groups in total. The van der Waals surface area contributed by atoms with Crippen LogP contribution in [0.5, 0.6) is 0 Å². The van der Waals surface area contributed by atoms with Crippen LogP contribution in [-0.2, 0) is 22.7 Å². The molecule has 0 fully saturated rings. The summed E-state index contributed by atoms with van der Waals surface area (Å²) in [4.78, 5) is 39.7. The molecule has 3 unspecified atom stereocenters. The number of carboxylic acids is 1. The Labute approximate surface area is 304 Å². The molecular weight excluding hydrogens is 642 g/mol. The van der Waals surface area contributed by atoms with Gasteiger partial charge in [-0.1, -0.05) is 106 Å². The molecule has 51 heavy (non-hydrogen) atoms. The highest BCUT2D eigenvalue weighted by atomic mass is 16.5. The quantitative estimate of drug-likeness (QED) is 0.0753. The maximum Gasteiger partial charge on any atom is 0.408 e. The Kier molecular flexibility index (Phi) is 16.9. The van der Waals surface area contributed by atoms with Crippen LogP contribution in [0.15, 0.2) is 84.9 Å². The van der Waals surface area contributed by atoms with E-state index in [4.69, 9.17) is 4.74 Å². The highest BCUT2D eigenvalue weighted by Crippen LogP contribution is 2.27. The van der Waals surface area contributed by atoms with Crippen LogP contribution in [0.1, 0.15) is 95.4 Å². The molecular formula is C41H57N5O5. The number of urea groups is 1. The maximum absolute atomic E-state index is 13.4. The Morgan fingerprint density at radius 1 is 0.863 bits per heavy atom. The van der Waals surface area contributed by atoms with E-state index in [1.807, 2.05) is 79.4 Å². The summed E-state index contributed by atoms with van der Waals surface area (Å²) >= 11 is 0. The zero-order valence-electron chi connectivity index (χ0n) is 31.1. The van der Waals surface area contributed by atoms with Gasteiger partial charge in [-0.3, -0.25) is 0 Å². The summed E-state index contributed by atoms with van der Waals surface area (Å²) in [7, 11) is 0. The number of para-hydroxylation sites is 1. The van der Waals surface area contributed by atoms with Crippen molar-refractivity contribution in [2.24, 2.45) is 0 Å². The monoisotopic (exact) mass is 699 g/mol. The highest BCUT2D eigenvalue weighted by molar-refractivity contribution is 5.80. The number of carboxylic acid groups (broad SMARTS) is 1. The second-order valence-electron chi connectivity index (χ2n) is 13.4. The van der Waals surface area contributed by atoms with Crippen molar-refractivity contribution in [2.75, 3.05) is 18.4 Å². The molecule has 0 bridgehead atoms. The third kappa shape index (κ3) is 14.0. The molecule has 0 aliphatic carbocycles. The molecule has 10 heteroatoms. The summed E-state index contributed by atoms with van der Waals surface area (Å²) in [6, 6.07) is 24.1. The van der Waals surface area contributed by atoms with Crippen LogP contribution in [0.2, 0.25) is 0 Å². The molecule has 10 nitrogen and oxygen atoms in total. The number of benzene rings is 3. The van der Waals surface area contributed by atoms with Crippen LogP contribution >= 0.6 is 0 Å². The molecule has 0 saturated heterocycles. The molecule has 0 radical (unpaired) electrons. The van der Waals surface area contributed by atoms with Crippen molar-refractivity contribution < 1.29 is 24.2 Å². The van der Waals surface area contributed by atoms with Crippen molar-refractivity contribution >= 4 is 29.5 Å². The molecule has 0 aliphatic heterocycles. The molecule has 0 saturated carbocycles. The van der Waals surface area contributed by atoms with E-state index in [0.717, 1.165) is 53.8 Å². The average molecular weight is 700 g/mol. The van der Waals surface area contributed by atoms with E-state index in [0.29, 0.717) is 19.0 Å². The van der Waals surface area contributed by atoms with Crippen molar-refractivity contribution in [3.8, 4) is 0 Å². The number of rotatable bonds is 20. The van der Waals surface area contributed by atoms with E-state index in [1.54, 1.807) is 0 Å². The van der Waals surface area contributed by atoms with Gasteiger partial charge in [0.2, 0.25) is 0 Å². The number of alkyl carbamates (subject to hydrolysis) is 1. The lowest BCUT2D eigenvalue weighted by atomic mass is 9.96. The first-order valence-corrected chi connectivity index (χ1v) is 18.1. The predicted molar refractivity (Wildman–Crippen MR) is 205 cm³/mol. The minimum atomic E-state index is -1.21. The first-order valence-electron chi connectivity index (χ1n) is 18.1. The number of hydrogen-bond acceptors (Lipinski definition) is 6. The third-order valence-corrected chi connectivity index (χ3v) is 8.54. The van der Waals surface area contributed by atoms with Crippen molar-refractivity contribution in [2.45, 2.75) is 104 Å². The Bertz CT molecular complexity index is 1540. The van der Waals surface area contributed by atoms with Crippen molar-refractivity contribution in [1.29, 1.82) is 0 Å². The zero-order chi connectivity index (χ0) is 37.2. The van der Waals surface area contributed by atoms with Gasteiger partial charge in [0.05, 0.1) is 0 Å². The number of carbonyl (C=O) groups excluding carboxylic acids is 2. The number of amides is 3. The van der Waals surface area contributed by atoms with Gasteiger partial charge in [-0.05, 0) is 74.3 Å². The van der Waals surface area contributed by atoms with E-state index >= 15 is 0 Å². The fraction of sp³-hybridized carbons (Fsp3) is 0.439. The maximum atomic E-state index is 13.4. The Morgan fingerprint density at radius 3 is 2.20 bits per heavy atom. The molecule has 0 aromatic heterocycles. The number of nitrogens with one attached hydrogen (secondary N) is 4. The Morgan fingerprint density at radius 2 is 1.55 bits per heavy atom. The summed E-state index contributed by atoms with van der Waals surface area (Å²) < 4.78 is 5.24. The van der Waals surface area contributed by atoms with Gasteiger partial charge in [-0.2, -0.15) is 0 Å². The first kappa shape index (κ1) is 40.4. The lowest BCUT2D eigenvalue weighted by Crippen LogP contribution is -2.47. The van der Waals surface area contributed by atoms with Crippen LogP contribution in [0.4, 0.5) is 15.3 Å². The zero-order valence-corrected chi connectivity index (χ0v) is 31.1. The average Bonchev–Trinajstić information content (AvgIpc) is 3.11. The van der Waals surface area contributed by atoms with Crippen LogP contribution in [0, 0.1) is 0 Å². The standard InChI is InChI=1S/C41H57N5O5/c1-7-9-11-19-36(42-25-38(39(47)48)45-41(50)51-28-33-16-12-10-13-17-33)34-23-21-32(22-24-34)27-46(40(49)43-29(3)4)26-31(6)44-37-20-15-14-18-35(37)30(5)8-2/h10,12-24,29-31,38,42,44H,7-9,11,25-28H2,1-6H3,(H,43,49)(H,45,50)(H,47,48). The summed E-state index contributed by atoms with van der Waals surface area (Å²) in [6.45, 7) is 13.4. The molecule has 3 amide bonds. The van der Waals surface area contributed by atoms with Gasteiger partial charge in [0, 0.05) is 43.1 Å². The summed E-state index contributed by atoms with van der Waals surface area (Å²) in [5.74, 6) is -0.753. The molecule has 3 aromatic carbocycles. The van der Waals surface area contributed by atoms with Gasteiger partial charge in [0.25, 0.3) is 0 Å². The van der Waals surface area contributed by atoms with E-state index in [1.165, 1.54) is 5.56 Å². The molecule has 3 rings (SSSR count). The summed E-state index contributed by atoms with van der Waals surface area (Å²) in [5.41, 5.74) is 5.77. The lowest BCUT2D eigenvalue weighted by molar-refractivity contribution is -0.139. The summed E-state index contributed by atoms with van der Waals surface area (Å²) in [6.07, 6.45) is 5.09. The van der Waals surface area contributed by atoms with E-state index in [2.05, 4.69) is 73.2 Å². The van der Waals surface area contributed by atoms with Gasteiger partial charge in [-0.15, -0.1) is 0 Å². The fourth-order valence-electron chi connectivity index (χ4n) is 5.55. The minimum Gasteiger partial charge on any atom is -0.480 e. The second-order valence-corrected chi connectivity index (χ2v) is 13.4. The number of anilines is 1. The van der Waals surface area contributed by atoms with Gasteiger partial charge < -0.3 is 36.0 Å². The third-order valence-electron chi connectivity index (χ3n) is 8.54. The fourth-order valence-corrected chi connectivity index (χ4v) is 5.55. The SMILES string of the molecule is CCCCC=C(NCC(NC(=O)OCc1ccccc1)C(=O)O)c1ccc(CN(CC(C)Nc2ccccc2C(C)CC)C(=O)NC(C)C)cc1. The predicted octanol–water partition coefficient (Wildman–Crippen LogP) is 8.12. The van der Waals surface area contributed by atoms with Crippen LogP contribution in [0.25, 0.3) is 5.70 Å². The normalized spacial score (nSPS) is 13.1. The van der Waals surface area contributed by atoms with E-state index in [-0.39, 0.29) is 31.3 Å². The van der Waals surface area contributed by atoms with Crippen molar-refractivity contribution in [3.05, 3.63) is 107 Å². The minimum absolute atomic E-state index is 0.00361. The Hall–Kier alpha value is -4.99. The number of allylic oxidation sites excluding steroid dienone is 1. The van der Waals surface area contributed by atoms with Crippen LogP contribution in [0.3, 0.4) is 0 Å². The Balaban J connectivity index is 1.71. The molecule has 276 valence electrons. The number of hydrogen-bond donors (Lipinski definition) is 5. The molecule has 3 atom stereocenters. The summed E-state index contributed by atoms with van der Waals surface area (Å²) in [5, 5.41) is 22.2. The van der Waals surface area contributed by atoms with Gasteiger partial charge in [0.1, 0.15) is 12.6 Å². The number of aliphatic carboxylic acids is 1. The molecule has 0 heterocycles. The van der Waals surface area contributed by atoms with Gasteiger partial charge in [0.15, 0.2) is 0 Å². The number of carbonyl (C=O) groups is 3. The van der Waals surface area contributed by atoms with Crippen LogP contribution in [-0.4, -0.2) is 59.3 Å². The molecule has 0 spiro atoms. The van der Waals surface area contributed by atoms with Gasteiger partial charge in [-0.25, -0.2) is 14.4 Å². The topological polar surface area (TPSA) is 132 Å². The molecule has 3 aromatic rings. The first-order chi connectivity index (χ1) is 24.5. The number of nitrogens with zero attached hydrogens (tertiary/aromatic N) is 1. The van der Waals surface area contributed by atoms with E-state index < -0.39 is 18.1 Å². The van der Waals surface area contributed by atoms with E-state index in [9.17, 15) is 19.5 Å². The van der Waals surface area contributed by atoms with Crippen LogP contribution < -0.4 is 21.3 Å². The number of ether oxygens (including phenoxy) is 1. The number of unbranched alkanes of at least 4 members (excludes halogenated alkanes) is 2. The second kappa shape index (κ2) is 21.3. The highest BCUT2D eigenvalue weighted by Gasteiger charge is 2.22. The van der Waals surface area contributed by atoms with Crippen molar-refractivity contribution in [3.63, 3.8) is 0 Å². The molecule has 0 aliphatic rings. The lowest BCUT2D eigenvalue weighted by Gasteiger charge is -2.29. The van der Waals surface area contributed by atoms with Gasteiger partial charge >= 0.3 is 18.1 Å². The smallest absolute Gasteiger partial charge is 0.408 e.